The molecule has 1 aromatic rings. The smallest absolute Gasteiger partial charge is 0.211 e. The maximum absolute atomic E-state index is 11.6. The molecule has 0 spiro atoms. The van der Waals surface area contributed by atoms with E-state index in [4.69, 9.17) is 0 Å². The SMILES string of the molecule is FCCn1cnc(I)n1. The van der Waals surface area contributed by atoms with E-state index in [1.165, 1.54) is 11.0 Å². The molecular weight excluding hydrogens is 236 g/mol. The van der Waals surface area contributed by atoms with Gasteiger partial charge in [-0.05, 0) is 0 Å². The van der Waals surface area contributed by atoms with E-state index in [0.29, 0.717) is 10.4 Å². The summed E-state index contributed by atoms with van der Waals surface area (Å²) in [6.45, 7) is -0.0879. The summed E-state index contributed by atoms with van der Waals surface area (Å²) in [6, 6.07) is 0. The van der Waals surface area contributed by atoms with Gasteiger partial charge in [-0.25, -0.2) is 14.1 Å². The molecule has 0 radical (unpaired) electrons. The van der Waals surface area contributed by atoms with Gasteiger partial charge in [0.05, 0.1) is 6.54 Å². The lowest BCUT2D eigenvalue weighted by atomic mass is 10.7. The molecule has 0 fully saturated rings. The Morgan fingerprint density at radius 2 is 2.56 bits per heavy atom. The number of rotatable bonds is 2. The van der Waals surface area contributed by atoms with Crippen LogP contribution < -0.4 is 0 Å². The first-order valence-corrected chi connectivity index (χ1v) is 3.51. The highest BCUT2D eigenvalue weighted by molar-refractivity contribution is 14.1. The molecule has 5 heteroatoms. The zero-order valence-corrected chi connectivity index (χ0v) is 6.75. The largest absolute Gasteiger partial charge is 0.249 e. The molecule has 9 heavy (non-hydrogen) atoms. The zero-order chi connectivity index (χ0) is 6.69. The van der Waals surface area contributed by atoms with Gasteiger partial charge in [0, 0.05) is 22.6 Å². The van der Waals surface area contributed by atoms with Crippen molar-refractivity contribution in [3.63, 3.8) is 0 Å². The second kappa shape index (κ2) is 3.09. The first-order chi connectivity index (χ1) is 4.33. The molecule has 0 saturated heterocycles. The van der Waals surface area contributed by atoms with E-state index in [1.807, 2.05) is 22.6 Å². The molecule has 0 aliphatic heterocycles. The quantitative estimate of drug-likeness (QED) is 0.718. The Hall–Kier alpha value is -0.200. The molecule has 1 aromatic heterocycles. The second-order valence-corrected chi connectivity index (χ2v) is 2.43. The van der Waals surface area contributed by atoms with Crippen LogP contribution in [0.1, 0.15) is 0 Å². The average Bonchev–Trinajstić information content (AvgIpc) is 2.17. The predicted octanol–water partition coefficient (Wildman–Crippen LogP) is 0.852. The molecule has 0 bridgehead atoms. The molecule has 0 unspecified atom stereocenters. The van der Waals surface area contributed by atoms with Crippen LogP contribution in [0.15, 0.2) is 6.33 Å². The van der Waals surface area contributed by atoms with E-state index in [-0.39, 0.29) is 6.67 Å². The Labute approximate surface area is 65.4 Å². The highest BCUT2D eigenvalue weighted by Gasteiger charge is 1.93. The van der Waals surface area contributed by atoms with Crippen LogP contribution in [0, 0.1) is 3.83 Å². The van der Waals surface area contributed by atoms with Gasteiger partial charge in [-0.1, -0.05) is 0 Å². The van der Waals surface area contributed by atoms with Crippen molar-refractivity contribution < 1.29 is 4.39 Å². The van der Waals surface area contributed by atoms with Crippen LogP contribution in [0.3, 0.4) is 0 Å². The van der Waals surface area contributed by atoms with Crippen molar-refractivity contribution in [3.05, 3.63) is 10.2 Å². The van der Waals surface area contributed by atoms with Crippen LogP contribution in [0.25, 0.3) is 0 Å². The minimum absolute atomic E-state index is 0.302. The van der Waals surface area contributed by atoms with E-state index < -0.39 is 0 Å². The van der Waals surface area contributed by atoms with Gasteiger partial charge in [0.25, 0.3) is 0 Å². The fourth-order valence-corrected chi connectivity index (χ4v) is 0.868. The third-order valence-corrected chi connectivity index (χ3v) is 1.32. The van der Waals surface area contributed by atoms with Gasteiger partial charge in [0.2, 0.25) is 3.83 Å². The van der Waals surface area contributed by atoms with Gasteiger partial charge >= 0.3 is 0 Å². The fourth-order valence-electron chi connectivity index (χ4n) is 0.466. The second-order valence-electron chi connectivity index (χ2n) is 1.47. The maximum Gasteiger partial charge on any atom is 0.211 e. The molecule has 50 valence electrons. The summed E-state index contributed by atoms with van der Waals surface area (Å²) in [6.07, 6.45) is 1.52. The summed E-state index contributed by atoms with van der Waals surface area (Å²) >= 11 is 1.97. The first-order valence-electron chi connectivity index (χ1n) is 2.44. The molecule has 0 atom stereocenters. The maximum atomic E-state index is 11.6. The van der Waals surface area contributed by atoms with Gasteiger partial charge in [-0.15, -0.1) is 5.10 Å². The van der Waals surface area contributed by atoms with Crippen molar-refractivity contribution in [2.45, 2.75) is 6.54 Å². The Kier molecular flexibility index (Phi) is 2.38. The molecule has 0 aliphatic rings. The van der Waals surface area contributed by atoms with Crippen molar-refractivity contribution in [2.24, 2.45) is 0 Å². The van der Waals surface area contributed by atoms with Gasteiger partial charge < -0.3 is 0 Å². The molecule has 3 nitrogen and oxygen atoms in total. The lowest BCUT2D eigenvalue weighted by molar-refractivity contribution is 0.426. The highest BCUT2D eigenvalue weighted by atomic mass is 127. The van der Waals surface area contributed by atoms with Gasteiger partial charge in [0.1, 0.15) is 13.0 Å². The predicted molar refractivity (Wildman–Crippen MR) is 38.7 cm³/mol. The average molecular weight is 241 g/mol. The lowest BCUT2D eigenvalue weighted by Crippen LogP contribution is -1.99. The number of aromatic nitrogens is 3. The van der Waals surface area contributed by atoms with Gasteiger partial charge in [0.15, 0.2) is 0 Å². The molecule has 0 amide bonds. The van der Waals surface area contributed by atoms with Crippen LogP contribution in [-0.2, 0) is 6.54 Å². The van der Waals surface area contributed by atoms with E-state index in [2.05, 4.69) is 10.1 Å². The topological polar surface area (TPSA) is 30.7 Å². The van der Waals surface area contributed by atoms with Crippen LogP contribution >= 0.6 is 22.6 Å². The Bertz CT molecular complexity index is 188. The minimum Gasteiger partial charge on any atom is -0.249 e. The number of hydrogen-bond acceptors (Lipinski definition) is 2. The molecule has 0 N–H and O–H groups in total. The van der Waals surface area contributed by atoms with Crippen molar-refractivity contribution in [2.75, 3.05) is 6.67 Å². The number of nitrogens with zero attached hydrogens (tertiary/aromatic N) is 3. The molecular formula is C4H5FIN3. The zero-order valence-electron chi connectivity index (χ0n) is 4.59. The third-order valence-electron chi connectivity index (χ3n) is 0.822. The standard InChI is InChI=1S/C4H5FIN3/c5-1-2-9-3-7-4(6)8-9/h3H,1-2H2. The van der Waals surface area contributed by atoms with E-state index in [9.17, 15) is 4.39 Å². The van der Waals surface area contributed by atoms with Gasteiger partial charge in [-0.3, -0.25) is 0 Å². The summed E-state index contributed by atoms with van der Waals surface area (Å²) in [5, 5.41) is 3.85. The van der Waals surface area contributed by atoms with E-state index >= 15 is 0 Å². The van der Waals surface area contributed by atoms with Crippen molar-refractivity contribution in [1.82, 2.24) is 14.8 Å². The summed E-state index contributed by atoms with van der Waals surface area (Å²) < 4.78 is 13.7. The number of alkyl halides is 1. The summed E-state index contributed by atoms with van der Waals surface area (Å²) in [5.74, 6) is 0. The molecule has 1 heterocycles. The van der Waals surface area contributed by atoms with Crippen LogP contribution in [-0.4, -0.2) is 21.4 Å². The third kappa shape index (κ3) is 1.88. The monoisotopic (exact) mass is 241 g/mol. The number of hydrogen-bond donors (Lipinski definition) is 0. The normalized spacial score (nSPS) is 10.0. The Morgan fingerprint density at radius 1 is 1.78 bits per heavy atom. The van der Waals surface area contributed by atoms with Crippen LogP contribution in [0.4, 0.5) is 4.39 Å². The van der Waals surface area contributed by atoms with Gasteiger partial charge in [-0.2, -0.15) is 0 Å². The number of aryl methyl sites for hydroxylation is 1. The van der Waals surface area contributed by atoms with Crippen molar-refractivity contribution in [1.29, 1.82) is 0 Å². The Morgan fingerprint density at radius 3 is 3.00 bits per heavy atom. The van der Waals surface area contributed by atoms with E-state index in [0.717, 1.165) is 0 Å². The van der Waals surface area contributed by atoms with E-state index in [1.54, 1.807) is 0 Å². The fraction of sp³-hybridized carbons (Fsp3) is 0.500. The summed E-state index contributed by atoms with van der Waals surface area (Å²) in [7, 11) is 0. The van der Waals surface area contributed by atoms with Crippen molar-refractivity contribution >= 4 is 22.6 Å². The first kappa shape index (κ1) is 6.91. The molecule has 0 saturated carbocycles. The van der Waals surface area contributed by atoms with Crippen LogP contribution in [0.2, 0.25) is 0 Å². The highest BCUT2D eigenvalue weighted by Crippen LogP contribution is 1.93. The minimum atomic E-state index is -0.389. The molecule has 1 rings (SSSR count). The Balaban J connectivity index is 2.61. The molecule has 0 aliphatic carbocycles. The summed E-state index contributed by atoms with van der Waals surface area (Å²) in [4.78, 5) is 3.81. The molecule has 0 aromatic carbocycles. The van der Waals surface area contributed by atoms with Crippen LogP contribution in [0.5, 0.6) is 0 Å². The lowest BCUT2D eigenvalue weighted by Gasteiger charge is -1.89. The van der Waals surface area contributed by atoms with Crippen molar-refractivity contribution in [3.8, 4) is 0 Å². The number of halogens is 2. The summed E-state index contributed by atoms with van der Waals surface area (Å²) in [5.41, 5.74) is 0.